The SMILES string of the molecule is CN(CCO)C(=O)NC1CCCCC1OC1CCCC1. The van der Waals surface area contributed by atoms with E-state index in [0.29, 0.717) is 12.6 Å². The van der Waals surface area contributed by atoms with Crippen molar-refractivity contribution in [2.45, 2.75) is 69.6 Å². The van der Waals surface area contributed by atoms with Gasteiger partial charge in [0.1, 0.15) is 0 Å². The molecule has 2 N–H and O–H groups in total. The van der Waals surface area contributed by atoms with Crippen LogP contribution in [-0.2, 0) is 4.74 Å². The second-order valence-electron chi connectivity index (χ2n) is 6.07. The molecular formula is C15H28N2O3. The predicted octanol–water partition coefficient (Wildman–Crippen LogP) is 1.89. The van der Waals surface area contributed by atoms with Crippen LogP contribution in [0, 0.1) is 0 Å². The van der Waals surface area contributed by atoms with Gasteiger partial charge in [-0.15, -0.1) is 0 Å². The minimum Gasteiger partial charge on any atom is -0.395 e. The van der Waals surface area contributed by atoms with Gasteiger partial charge in [-0.05, 0) is 25.7 Å². The highest BCUT2D eigenvalue weighted by atomic mass is 16.5. The zero-order valence-corrected chi connectivity index (χ0v) is 12.5. The lowest BCUT2D eigenvalue weighted by Crippen LogP contribution is -2.51. The van der Waals surface area contributed by atoms with Crippen LogP contribution in [0.5, 0.6) is 0 Å². The standard InChI is InChI=1S/C15H28N2O3/c1-17(10-11-18)15(19)16-13-8-4-5-9-14(13)20-12-6-2-3-7-12/h12-14,18H,2-11H2,1H3,(H,16,19). The van der Waals surface area contributed by atoms with Gasteiger partial charge in [0, 0.05) is 13.6 Å². The van der Waals surface area contributed by atoms with E-state index in [2.05, 4.69) is 5.32 Å². The monoisotopic (exact) mass is 284 g/mol. The number of ether oxygens (including phenoxy) is 1. The summed E-state index contributed by atoms with van der Waals surface area (Å²) in [4.78, 5) is 13.6. The van der Waals surface area contributed by atoms with Crippen LogP contribution in [0.3, 0.4) is 0 Å². The quantitative estimate of drug-likeness (QED) is 0.810. The number of carbonyl (C=O) groups is 1. The number of aliphatic hydroxyl groups excluding tert-OH is 1. The van der Waals surface area contributed by atoms with Gasteiger partial charge in [0.2, 0.25) is 0 Å². The topological polar surface area (TPSA) is 61.8 Å². The maximum absolute atomic E-state index is 12.0. The van der Waals surface area contributed by atoms with Crippen molar-refractivity contribution in [2.75, 3.05) is 20.2 Å². The van der Waals surface area contributed by atoms with Crippen LogP contribution in [0.2, 0.25) is 0 Å². The Morgan fingerprint density at radius 2 is 1.85 bits per heavy atom. The van der Waals surface area contributed by atoms with Crippen LogP contribution in [0.1, 0.15) is 51.4 Å². The summed E-state index contributed by atoms with van der Waals surface area (Å²) in [6.45, 7) is 0.364. The van der Waals surface area contributed by atoms with E-state index in [1.165, 1.54) is 37.0 Å². The summed E-state index contributed by atoms with van der Waals surface area (Å²) >= 11 is 0. The summed E-state index contributed by atoms with van der Waals surface area (Å²) in [6, 6.07) is 0.0176. The molecule has 116 valence electrons. The van der Waals surface area contributed by atoms with Crippen LogP contribution in [0.4, 0.5) is 4.79 Å². The molecule has 0 heterocycles. The smallest absolute Gasteiger partial charge is 0.317 e. The molecule has 5 heteroatoms. The molecule has 0 bridgehead atoms. The van der Waals surface area contributed by atoms with Gasteiger partial charge in [-0.25, -0.2) is 4.79 Å². The molecule has 2 saturated carbocycles. The Balaban J connectivity index is 1.84. The molecule has 2 aliphatic carbocycles. The number of likely N-dealkylation sites (N-methyl/N-ethyl adjacent to an activating group) is 1. The van der Waals surface area contributed by atoms with E-state index in [0.717, 1.165) is 19.3 Å². The molecule has 5 nitrogen and oxygen atoms in total. The summed E-state index contributed by atoms with van der Waals surface area (Å²) in [5, 5.41) is 12.0. The lowest BCUT2D eigenvalue weighted by atomic mass is 9.92. The summed E-state index contributed by atoms with van der Waals surface area (Å²) in [6.07, 6.45) is 9.83. The van der Waals surface area contributed by atoms with Crippen molar-refractivity contribution in [3.05, 3.63) is 0 Å². The molecule has 2 fully saturated rings. The molecule has 2 aliphatic rings. The number of aliphatic hydroxyl groups is 1. The fraction of sp³-hybridized carbons (Fsp3) is 0.933. The highest BCUT2D eigenvalue weighted by Crippen LogP contribution is 2.28. The van der Waals surface area contributed by atoms with Gasteiger partial charge in [0.15, 0.2) is 0 Å². The molecule has 2 amide bonds. The average Bonchev–Trinajstić information content (AvgIpc) is 2.94. The van der Waals surface area contributed by atoms with Crippen molar-refractivity contribution < 1.29 is 14.6 Å². The molecule has 0 aromatic rings. The third-order valence-electron chi connectivity index (χ3n) is 4.46. The number of nitrogens with zero attached hydrogens (tertiary/aromatic N) is 1. The Morgan fingerprint density at radius 1 is 1.20 bits per heavy atom. The molecule has 0 saturated heterocycles. The summed E-state index contributed by atoms with van der Waals surface area (Å²) in [5.74, 6) is 0. The first-order valence-electron chi connectivity index (χ1n) is 7.98. The molecule has 0 aromatic heterocycles. The van der Waals surface area contributed by atoms with Crippen molar-refractivity contribution in [1.29, 1.82) is 0 Å². The second kappa shape index (κ2) is 7.84. The fourth-order valence-electron chi connectivity index (χ4n) is 3.22. The molecule has 2 unspecified atom stereocenters. The van der Waals surface area contributed by atoms with Crippen molar-refractivity contribution in [2.24, 2.45) is 0 Å². The van der Waals surface area contributed by atoms with E-state index in [-0.39, 0.29) is 24.8 Å². The first kappa shape index (κ1) is 15.6. The molecule has 0 radical (unpaired) electrons. The van der Waals surface area contributed by atoms with E-state index < -0.39 is 0 Å². The Morgan fingerprint density at radius 3 is 2.55 bits per heavy atom. The Bertz CT molecular complexity index is 305. The lowest BCUT2D eigenvalue weighted by molar-refractivity contribution is -0.0416. The molecule has 2 atom stereocenters. The minimum absolute atomic E-state index is 0.00338. The average molecular weight is 284 g/mol. The van der Waals surface area contributed by atoms with Gasteiger partial charge in [-0.1, -0.05) is 25.7 Å². The van der Waals surface area contributed by atoms with E-state index in [4.69, 9.17) is 9.84 Å². The molecule has 2 rings (SSSR count). The molecule has 0 aliphatic heterocycles. The number of hydrogen-bond donors (Lipinski definition) is 2. The Hall–Kier alpha value is -0.810. The Kier molecular flexibility index (Phi) is 6.10. The van der Waals surface area contributed by atoms with E-state index in [9.17, 15) is 4.79 Å². The first-order valence-corrected chi connectivity index (χ1v) is 7.98. The van der Waals surface area contributed by atoms with Crippen molar-refractivity contribution in [3.63, 3.8) is 0 Å². The zero-order chi connectivity index (χ0) is 14.4. The number of hydrogen-bond acceptors (Lipinski definition) is 3. The second-order valence-corrected chi connectivity index (χ2v) is 6.07. The maximum atomic E-state index is 12.0. The number of carbonyl (C=O) groups excluding carboxylic acids is 1. The van der Waals surface area contributed by atoms with Gasteiger partial charge in [-0.2, -0.15) is 0 Å². The van der Waals surface area contributed by atoms with Crippen LogP contribution in [-0.4, -0.2) is 54.5 Å². The van der Waals surface area contributed by atoms with Crippen LogP contribution < -0.4 is 5.32 Å². The van der Waals surface area contributed by atoms with Gasteiger partial charge in [-0.3, -0.25) is 0 Å². The number of urea groups is 1. The van der Waals surface area contributed by atoms with Gasteiger partial charge in [0.25, 0.3) is 0 Å². The fourth-order valence-corrected chi connectivity index (χ4v) is 3.22. The third-order valence-corrected chi connectivity index (χ3v) is 4.46. The largest absolute Gasteiger partial charge is 0.395 e. The van der Waals surface area contributed by atoms with Crippen molar-refractivity contribution in [3.8, 4) is 0 Å². The minimum atomic E-state index is -0.106. The predicted molar refractivity (Wildman–Crippen MR) is 77.6 cm³/mol. The third kappa shape index (κ3) is 4.35. The highest BCUT2D eigenvalue weighted by Gasteiger charge is 2.30. The van der Waals surface area contributed by atoms with Crippen molar-refractivity contribution in [1.82, 2.24) is 10.2 Å². The van der Waals surface area contributed by atoms with Gasteiger partial charge >= 0.3 is 6.03 Å². The maximum Gasteiger partial charge on any atom is 0.317 e. The lowest BCUT2D eigenvalue weighted by Gasteiger charge is -2.35. The van der Waals surface area contributed by atoms with Crippen molar-refractivity contribution >= 4 is 6.03 Å². The first-order chi connectivity index (χ1) is 9.70. The van der Waals surface area contributed by atoms with Crippen LogP contribution in [0.25, 0.3) is 0 Å². The van der Waals surface area contributed by atoms with Crippen LogP contribution >= 0.6 is 0 Å². The zero-order valence-electron chi connectivity index (χ0n) is 12.5. The number of nitrogens with one attached hydrogen (secondary N) is 1. The van der Waals surface area contributed by atoms with E-state index in [1.54, 1.807) is 7.05 Å². The van der Waals surface area contributed by atoms with Gasteiger partial charge < -0.3 is 20.1 Å². The molecule has 20 heavy (non-hydrogen) atoms. The molecular weight excluding hydrogens is 256 g/mol. The number of amides is 2. The van der Waals surface area contributed by atoms with E-state index >= 15 is 0 Å². The number of rotatable bonds is 5. The van der Waals surface area contributed by atoms with Crippen LogP contribution in [0.15, 0.2) is 0 Å². The highest BCUT2D eigenvalue weighted by molar-refractivity contribution is 5.74. The van der Waals surface area contributed by atoms with E-state index in [1.807, 2.05) is 0 Å². The summed E-state index contributed by atoms with van der Waals surface area (Å²) in [5.41, 5.74) is 0. The molecule has 0 aromatic carbocycles. The molecule has 0 spiro atoms. The normalized spacial score (nSPS) is 27.5. The summed E-state index contributed by atoms with van der Waals surface area (Å²) in [7, 11) is 1.71. The van der Waals surface area contributed by atoms with Gasteiger partial charge in [0.05, 0.1) is 24.9 Å². The Labute approximate surface area is 121 Å². The summed E-state index contributed by atoms with van der Waals surface area (Å²) < 4.78 is 6.22.